The molecule has 0 saturated carbocycles. The molecular formula is C13H25NOS. The monoisotopic (exact) mass is 243 g/mol. The van der Waals surface area contributed by atoms with E-state index in [1.165, 1.54) is 6.42 Å². The molecule has 0 aromatic carbocycles. The number of hydrogen-bond donors (Lipinski definition) is 0. The van der Waals surface area contributed by atoms with Crippen LogP contribution in [0.25, 0.3) is 0 Å². The van der Waals surface area contributed by atoms with Gasteiger partial charge in [0.2, 0.25) is 0 Å². The van der Waals surface area contributed by atoms with E-state index in [4.69, 9.17) is 0 Å². The maximum absolute atomic E-state index is 12.0. The summed E-state index contributed by atoms with van der Waals surface area (Å²) in [5.41, 5.74) is -0.199. The Balaban J connectivity index is 2.48. The molecule has 1 saturated heterocycles. The standard InChI is InChI=1S/C13H25NOS/c1-12(2,3)11(15)10-14-7-6-13(4,5)16-9-8-14/h6-10H2,1-5H3. The first-order chi connectivity index (χ1) is 7.21. The molecule has 3 heteroatoms. The van der Waals surface area contributed by atoms with E-state index in [1.807, 2.05) is 32.5 Å². The largest absolute Gasteiger partial charge is 0.298 e. The molecule has 1 rings (SSSR count). The van der Waals surface area contributed by atoms with E-state index in [1.54, 1.807) is 0 Å². The number of carbonyl (C=O) groups is 1. The Morgan fingerprint density at radius 2 is 1.94 bits per heavy atom. The summed E-state index contributed by atoms with van der Waals surface area (Å²) in [5.74, 6) is 1.50. The van der Waals surface area contributed by atoms with E-state index < -0.39 is 0 Å². The van der Waals surface area contributed by atoms with Gasteiger partial charge in [-0.2, -0.15) is 11.8 Å². The molecule has 0 unspecified atom stereocenters. The molecule has 1 fully saturated rings. The first-order valence-electron chi connectivity index (χ1n) is 6.10. The van der Waals surface area contributed by atoms with Crippen molar-refractivity contribution < 1.29 is 4.79 Å². The van der Waals surface area contributed by atoms with Gasteiger partial charge in [-0.25, -0.2) is 0 Å². The van der Waals surface area contributed by atoms with Crippen LogP contribution >= 0.6 is 11.8 Å². The van der Waals surface area contributed by atoms with Crippen molar-refractivity contribution in [3.63, 3.8) is 0 Å². The van der Waals surface area contributed by atoms with Crippen LogP contribution in [0.15, 0.2) is 0 Å². The second-order valence-corrected chi connectivity index (χ2v) is 8.11. The van der Waals surface area contributed by atoms with Crippen LogP contribution in [0.4, 0.5) is 0 Å². The minimum absolute atomic E-state index is 0.199. The Morgan fingerprint density at radius 1 is 1.31 bits per heavy atom. The zero-order valence-electron chi connectivity index (χ0n) is 11.3. The van der Waals surface area contributed by atoms with Crippen molar-refractivity contribution in [1.82, 2.24) is 4.90 Å². The highest BCUT2D eigenvalue weighted by atomic mass is 32.2. The highest BCUT2D eigenvalue weighted by Gasteiger charge is 2.27. The SMILES string of the molecule is CC1(C)CCN(CC(=O)C(C)(C)C)CCS1. The average Bonchev–Trinajstić information content (AvgIpc) is 2.26. The van der Waals surface area contributed by atoms with Crippen molar-refractivity contribution in [3.8, 4) is 0 Å². The van der Waals surface area contributed by atoms with Crippen molar-refractivity contribution in [3.05, 3.63) is 0 Å². The van der Waals surface area contributed by atoms with Crippen LogP contribution in [0.5, 0.6) is 0 Å². The second-order valence-electron chi connectivity index (χ2n) is 6.31. The van der Waals surface area contributed by atoms with E-state index in [0.717, 1.165) is 18.8 Å². The Labute approximate surface area is 104 Å². The first kappa shape index (κ1) is 14.0. The van der Waals surface area contributed by atoms with Gasteiger partial charge in [0.1, 0.15) is 0 Å². The fourth-order valence-corrected chi connectivity index (χ4v) is 2.80. The van der Waals surface area contributed by atoms with Crippen LogP contribution in [0.1, 0.15) is 41.0 Å². The number of Topliss-reactive ketones (excluding diaryl/α,β-unsaturated/α-hetero) is 1. The van der Waals surface area contributed by atoms with Crippen molar-refractivity contribution in [2.24, 2.45) is 5.41 Å². The number of hydrogen-bond acceptors (Lipinski definition) is 3. The highest BCUT2D eigenvalue weighted by molar-refractivity contribution is 8.00. The van der Waals surface area contributed by atoms with Gasteiger partial charge >= 0.3 is 0 Å². The predicted octanol–water partition coefficient (Wildman–Crippen LogP) is 2.82. The topological polar surface area (TPSA) is 20.3 Å². The lowest BCUT2D eigenvalue weighted by atomic mass is 9.90. The molecule has 16 heavy (non-hydrogen) atoms. The molecule has 1 aliphatic heterocycles. The van der Waals surface area contributed by atoms with Crippen LogP contribution in [0.3, 0.4) is 0 Å². The van der Waals surface area contributed by atoms with Crippen LogP contribution in [0, 0.1) is 5.41 Å². The van der Waals surface area contributed by atoms with Crippen LogP contribution < -0.4 is 0 Å². The predicted molar refractivity (Wildman–Crippen MR) is 72.1 cm³/mol. The smallest absolute Gasteiger partial charge is 0.152 e. The molecule has 0 amide bonds. The molecule has 0 aliphatic carbocycles. The van der Waals surface area contributed by atoms with Crippen molar-refractivity contribution in [2.75, 3.05) is 25.4 Å². The highest BCUT2D eigenvalue weighted by Crippen LogP contribution is 2.30. The summed E-state index contributed by atoms with van der Waals surface area (Å²) in [5, 5.41) is 0. The number of rotatable bonds is 2. The molecule has 0 radical (unpaired) electrons. The molecular weight excluding hydrogens is 218 g/mol. The summed E-state index contributed by atoms with van der Waals surface area (Å²) in [7, 11) is 0. The molecule has 1 aliphatic rings. The Hall–Kier alpha value is -0.0200. The maximum Gasteiger partial charge on any atom is 0.152 e. The summed E-state index contributed by atoms with van der Waals surface area (Å²) in [6.07, 6.45) is 1.18. The fourth-order valence-electron chi connectivity index (χ4n) is 1.66. The van der Waals surface area contributed by atoms with Crippen LogP contribution in [-0.2, 0) is 4.79 Å². The van der Waals surface area contributed by atoms with Gasteiger partial charge in [-0.3, -0.25) is 9.69 Å². The third kappa shape index (κ3) is 4.46. The zero-order valence-corrected chi connectivity index (χ0v) is 12.1. The van der Waals surface area contributed by atoms with Gasteiger partial charge in [-0.05, 0) is 13.0 Å². The maximum atomic E-state index is 12.0. The summed E-state index contributed by atoms with van der Waals surface area (Å²) in [6, 6.07) is 0. The van der Waals surface area contributed by atoms with E-state index in [0.29, 0.717) is 17.1 Å². The molecule has 0 N–H and O–H groups in total. The van der Waals surface area contributed by atoms with Crippen molar-refractivity contribution in [1.29, 1.82) is 0 Å². The van der Waals surface area contributed by atoms with E-state index in [9.17, 15) is 4.79 Å². The summed E-state index contributed by atoms with van der Waals surface area (Å²) >= 11 is 2.03. The summed E-state index contributed by atoms with van der Waals surface area (Å²) in [4.78, 5) is 14.3. The minimum atomic E-state index is -0.199. The van der Waals surface area contributed by atoms with E-state index in [-0.39, 0.29) is 5.41 Å². The van der Waals surface area contributed by atoms with Gasteiger partial charge in [0.25, 0.3) is 0 Å². The Kier molecular flexibility index (Phi) is 4.47. The Morgan fingerprint density at radius 3 is 2.50 bits per heavy atom. The van der Waals surface area contributed by atoms with Gasteiger partial charge in [-0.15, -0.1) is 0 Å². The lowest BCUT2D eigenvalue weighted by Gasteiger charge is -2.25. The third-order valence-electron chi connectivity index (χ3n) is 3.13. The zero-order chi connectivity index (χ0) is 12.4. The molecule has 0 atom stereocenters. The normalized spacial score (nSPS) is 22.8. The van der Waals surface area contributed by atoms with E-state index >= 15 is 0 Å². The molecule has 94 valence electrons. The molecule has 0 spiro atoms. The fraction of sp³-hybridized carbons (Fsp3) is 0.923. The second kappa shape index (κ2) is 5.09. The number of nitrogens with zero attached hydrogens (tertiary/aromatic N) is 1. The van der Waals surface area contributed by atoms with Gasteiger partial charge in [0.15, 0.2) is 5.78 Å². The number of ketones is 1. The van der Waals surface area contributed by atoms with Crippen LogP contribution in [0.2, 0.25) is 0 Å². The molecule has 0 aromatic heterocycles. The molecule has 2 nitrogen and oxygen atoms in total. The van der Waals surface area contributed by atoms with Gasteiger partial charge < -0.3 is 0 Å². The lowest BCUT2D eigenvalue weighted by Crippen LogP contribution is -2.37. The van der Waals surface area contributed by atoms with Gasteiger partial charge in [0, 0.05) is 22.5 Å². The summed E-state index contributed by atoms with van der Waals surface area (Å²) < 4.78 is 0.375. The lowest BCUT2D eigenvalue weighted by molar-refractivity contribution is -0.127. The van der Waals surface area contributed by atoms with E-state index in [2.05, 4.69) is 18.7 Å². The Bertz CT molecular complexity index is 255. The van der Waals surface area contributed by atoms with Crippen molar-refractivity contribution >= 4 is 17.5 Å². The third-order valence-corrected chi connectivity index (χ3v) is 4.51. The average molecular weight is 243 g/mol. The van der Waals surface area contributed by atoms with Crippen LogP contribution in [-0.4, -0.2) is 40.8 Å². The quantitative estimate of drug-likeness (QED) is 0.744. The number of thioether (sulfide) groups is 1. The van der Waals surface area contributed by atoms with Gasteiger partial charge in [-0.1, -0.05) is 34.6 Å². The molecule has 0 aromatic rings. The minimum Gasteiger partial charge on any atom is -0.298 e. The first-order valence-corrected chi connectivity index (χ1v) is 7.09. The number of carbonyl (C=O) groups excluding carboxylic acids is 1. The van der Waals surface area contributed by atoms with Crippen molar-refractivity contribution in [2.45, 2.75) is 45.8 Å². The van der Waals surface area contributed by atoms with Gasteiger partial charge in [0.05, 0.1) is 6.54 Å². The molecule has 1 heterocycles. The molecule has 0 bridgehead atoms. The summed E-state index contributed by atoms with van der Waals surface area (Å²) in [6.45, 7) is 13.3.